The van der Waals surface area contributed by atoms with E-state index >= 15 is 0 Å². The van der Waals surface area contributed by atoms with Crippen molar-refractivity contribution in [3.05, 3.63) is 28.2 Å². The summed E-state index contributed by atoms with van der Waals surface area (Å²) in [6.07, 6.45) is 4.75. The smallest absolute Gasteiger partial charge is 0.107 e. The Labute approximate surface area is 120 Å². The average molecular weight is 331 g/mol. The van der Waals surface area contributed by atoms with Crippen LogP contribution in [0.25, 0.3) is 0 Å². The Kier molecular flexibility index (Phi) is 4.00. The molecular formula is C12H15BrN2S2. The molecular weight excluding hydrogens is 316 g/mol. The number of nitrogens with two attached hydrogens (primary N) is 1. The summed E-state index contributed by atoms with van der Waals surface area (Å²) < 4.78 is 1.37. The minimum Gasteiger partial charge on any atom is -0.389 e. The Balaban J connectivity index is 2.15. The Morgan fingerprint density at radius 1 is 1.59 bits per heavy atom. The first kappa shape index (κ1) is 13.2. The van der Waals surface area contributed by atoms with Crippen LogP contribution in [0, 0.1) is 0 Å². The van der Waals surface area contributed by atoms with Crippen LogP contribution in [0.2, 0.25) is 0 Å². The predicted octanol–water partition coefficient (Wildman–Crippen LogP) is 3.39. The fourth-order valence-corrected chi connectivity index (χ4v) is 3.43. The van der Waals surface area contributed by atoms with Gasteiger partial charge in [0.15, 0.2) is 0 Å². The van der Waals surface area contributed by atoms with Gasteiger partial charge in [0, 0.05) is 27.0 Å². The number of anilines is 1. The molecule has 1 aromatic rings. The highest BCUT2D eigenvalue weighted by Crippen LogP contribution is 2.47. The molecule has 0 unspecified atom stereocenters. The molecule has 2 rings (SSSR count). The summed E-state index contributed by atoms with van der Waals surface area (Å²) >= 11 is 10.5. The van der Waals surface area contributed by atoms with Crippen LogP contribution in [-0.4, -0.2) is 22.5 Å². The largest absolute Gasteiger partial charge is 0.389 e. The van der Waals surface area contributed by atoms with Gasteiger partial charge in [-0.1, -0.05) is 18.3 Å². The number of benzene rings is 1. The van der Waals surface area contributed by atoms with Gasteiger partial charge in [0.1, 0.15) is 4.99 Å². The van der Waals surface area contributed by atoms with Crippen molar-refractivity contribution >= 4 is 50.6 Å². The van der Waals surface area contributed by atoms with E-state index in [1.165, 1.54) is 12.8 Å². The minimum atomic E-state index is 0.425. The number of halogens is 1. The highest BCUT2D eigenvalue weighted by Gasteiger charge is 2.41. The lowest BCUT2D eigenvalue weighted by Crippen LogP contribution is -2.20. The van der Waals surface area contributed by atoms with Crippen molar-refractivity contribution < 1.29 is 0 Å². The second kappa shape index (κ2) is 5.16. The maximum Gasteiger partial charge on any atom is 0.107 e. The molecule has 1 aliphatic rings. The first-order valence-corrected chi connectivity index (χ1v) is 7.88. The van der Waals surface area contributed by atoms with Gasteiger partial charge in [0.25, 0.3) is 0 Å². The number of hydrogen-bond donors (Lipinski definition) is 2. The van der Waals surface area contributed by atoms with Gasteiger partial charge in [-0.2, -0.15) is 11.8 Å². The fraction of sp³-hybridized carbons (Fsp3) is 0.417. The zero-order chi connectivity index (χ0) is 12.5. The number of nitrogens with one attached hydrogen (secondary N) is 1. The topological polar surface area (TPSA) is 38.0 Å². The van der Waals surface area contributed by atoms with E-state index in [0.29, 0.717) is 9.74 Å². The van der Waals surface area contributed by atoms with Gasteiger partial charge in [0.05, 0.1) is 0 Å². The highest BCUT2D eigenvalue weighted by atomic mass is 79.9. The van der Waals surface area contributed by atoms with Crippen LogP contribution in [0.4, 0.5) is 5.69 Å². The van der Waals surface area contributed by atoms with E-state index in [9.17, 15) is 0 Å². The number of hydrogen-bond acceptors (Lipinski definition) is 3. The molecule has 0 saturated heterocycles. The van der Waals surface area contributed by atoms with Gasteiger partial charge in [-0.05, 0) is 47.2 Å². The third-order valence-corrected chi connectivity index (χ3v) is 5.39. The summed E-state index contributed by atoms with van der Waals surface area (Å²) in [5, 5.41) is 3.47. The van der Waals surface area contributed by atoms with Crippen LogP contribution in [0.3, 0.4) is 0 Å². The Bertz CT molecular complexity index is 444. The van der Waals surface area contributed by atoms with E-state index in [1.807, 2.05) is 30.0 Å². The van der Waals surface area contributed by atoms with E-state index in [1.54, 1.807) is 0 Å². The van der Waals surface area contributed by atoms with Crippen molar-refractivity contribution in [2.24, 2.45) is 5.73 Å². The number of thiocarbonyl (C=S) groups is 1. The van der Waals surface area contributed by atoms with Gasteiger partial charge < -0.3 is 11.1 Å². The lowest BCUT2D eigenvalue weighted by atomic mass is 10.1. The average Bonchev–Trinajstić information content (AvgIpc) is 3.06. The third kappa shape index (κ3) is 2.95. The second-order valence-electron chi connectivity index (χ2n) is 4.27. The standard InChI is InChI=1S/C12H15BrN2S2/c1-17-12(5-6-12)7-15-9-4-2-3-8(13)10(9)11(14)16/h2-4,15H,5-7H2,1H3,(H2,14,16). The van der Waals surface area contributed by atoms with E-state index in [0.717, 1.165) is 22.3 Å². The quantitative estimate of drug-likeness (QED) is 0.811. The molecule has 1 fully saturated rings. The summed E-state index contributed by atoms with van der Waals surface area (Å²) in [6.45, 7) is 0.972. The summed E-state index contributed by atoms with van der Waals surface area (Å²) in [4.78, 5) is 0.425. The van der Waals surface area contributed by atoms with E-state index in [-0.39, 0.29) is 0 Å². The maximum absolute atomic E-state index is 5.76. The monoisotopic (exact) mass is 330 g/mol. The molecule has 17 heavy (non-hydrogen) atoms. The highest BCUT2D eigenvalue weighted by molar-refractivity contribution is 9.10. The molecule has 0 spiro atoms. The molecule has 0 aromatic heterocycles. The van der Waals surface area contributed by atoms with Crippen LogP contribution in [0.1, 0.15) is 18.4 Å². The molecule has 5 heteroatoms. The van der Waals surface area contributed by atoms with Crippen molar-refractivity contribution in [3.8, 4) is 0 Å². The van der Waals surface area contributed by atoms with Gasteiger partial charge in [-0.25, -0.2) is 0 Å². The summed E-state index contributed by atoms with van der Waals surface area (Å²) in [5.41, 5.74) is 7.68. The van der Waals surface area contributed by atoms with Crippen molar-refractivity contribution in [1.29, 1.82) is 0 Å². The molecule has 1 aromatic carbocycles. The fourth-order valence-electron chi connectivity index (χ4n) is 1.77. The molecule has 0 atom stereocenters. The Morgan fingerprint density at radius 3 is 2.82 bits per heavy atom. The van der Waals surface area contributed by atoms with E-state index in [2.05, 4.69) is 27.5 Å². The van der Waals surface area contributed by atoms with Crippen LogP contribution >= 0.6 is 39.9 Å². The summed E-state index contributed by atoms with van der Waals surface area (Å²) in [5.74, 6) is 0. The molecule has 92 valence electrons. The van der Waals surface area contributed by atoms with E-state index in [4.69, 9.17) is 18.0 Å². The van der Waals surface area contributed by atoms with Crippen LogP contribution in [-0.2, 0) is 0 Å². The van der Waals surface area contributed by atoms with Crippen LogP contribution < -0.4 is 11.1 Å². The van der Waals surface area contributed by atoms with Crippen LogP contribution in [0.5, 0.6) is 0 Å². The van der Waals surface area contributed by atoms with E-state index < -0.39 is 0 Å². The molecule has 2 nitrogen and oxygen atoms in total. The molecule has 1 saturated carbocycles. The lowest BCUT2D eigenvalue weighted by molar-refractivity contribution is 0.949. The Hall–Kier alpha value is -0.260. The first-order chi connectivity index (χ1) is 8.08. The van der Waals surface area contributed by atoms with Gasteiger partial charge in [0.2, 0.25) is 0 Å². The number of rotatable bonds is 5. The molecule has 0 aliphatic heterocycles. The summed E-state index contributed by atoms with van der Waals surface area (Å²) in [7, 11) is 0. The minimum absolute atomic E-state index is 0.425. The molecule has 0 radical (unpaired) electrons. The normalized spacial score (nSPS) is 16.6. The SMILES string of the molecule is CSC1(CNc2cccc(Br)c2C(N)=S)CC1. The molecule has 0 heterocycles. The molecule has 0 amide bonds. The van der Waals surface area contributed by atoms with Crippen molar-refractivity contribution in [2.75, 3.05) is 18.1 Å². The van der Waals surface area contributed by atoms with Crippen molar-refractivity contribution in [1.82, 2.24) is 0 Å². The zero-order valence-corrected chi connectivity index (χ0v) is 12.8. The first-order valence-electron chi connectivity index (χ1n) is 5.45. The number of thioether (sulfide) groups is 1. The predicted molar refractivity (Wildman–Crippen MR) is 84.0 cm³/mol. The molecule has 1 aliphatic carbocycles. The molecule has 3 N–H and O–H groups in total. The van der Waals surface area contributed by atoms with Crippen LogP contribution in [0.15, 0.2) is 22.7 Å². The molecule has 0 bridgehead atoms. The maximum atomic E-state index is 5.76. The lowest BCUT2D eigenvalue weighted by Gasteiger charge is -2.17. The second-order valence-corrected chi connectivity index (χ2v) is 6.84. The van der Waals surface area contributed by atoms with Gasteiger partial charge >= 0.3 is 0 Å². The van der Waals surface area contributed by atoms with Crippen molar-refractivity contribution in [3.63, 3.8) is 0 Å². The Morgan fingerprint density at radius 2 is 2.29 bits per heavy atom. The van der Waals surface area contributed by atoms with Gasteiger partial charge in [-0.3, -0.25) is 0 Å². The van der Waals surface area contributed by atoms with Crippen molar-refractivity contribution in [2.45, 2.75) is 17.6 Å². The van der Waals surface area contributed by atoms with Gasteiger partial charge in [-0.15, -0.1) is 0 Å². The third-order valence-electron chi connectivity index (χ3n) is 3.10. The summed E-state index contributed by atoms with van der Waals surface area (Å²) in [6, 6.07) is 5.98. The zero-order valence-electron chi connectivity index (χ0n) is 9.63.